The first-order chi connectivity index (χ1) is 11.5. The molecule has 0 atom stereocenters. The van der Waals surface area contributed by atoms with Crippen molar-refractivity contribution in [1.29, 1.82) is 0 Å². The Kier molecular flexibility index (Phi) is 5.05. The normalized spacial score (nSPS) is 10.6. The Hall–Kier alpha value is -2.07. The van der Waals surface area contributed by atoms with Crippen LogP contribution in [0.15, 0.2) is 42.9 Å². The van der Waals surface area contributed by atoms with E-state index in [1.165, 1.54) is 4.68 Å². The number of hydrogen-bond acceptors (Lipinski definition) is 4. The lowest BCUT2D eigenvalue weighted by molar-refractivity contribution is 0.101. The summed E-state index contributed by atoms with van der Waals surface area (Å²) in [7, 11) is 1.72. The second kappa shape index (κ2) is 7.22. The van der Waals surface area contributed by atoms with Gasteiger partial charge in [-0.2, -0.15) is 10.2 Å². The molecule has 0 saturated heterocycles. The summed E-state index contributed by atoms with van der Waals surface area (Å²) in [6, 6.07) is 7.06. The summed E-state index contributed by atoms with van der Waals surface area (Å²) in [6.45, 7) is 0.223. The van der Waals surface area contributed by atoms with E-state index < -0.39 is 0 Å². The molecule has 0 aliphatic rings. The van der Waals surface area contributed by atoms with E-state index in [9.17, 15) is 4.79 Å². The highest BCUT2D eigenvalue weighted by Crippen LogP contribution is 2.17. The molecule has 0 aliphatic heterocycles. The van der Waals surface area contributed by atoms with Crippen LogP contribution in [0.1, 0.15) is 10.5 Å². The fraction of sp³-hybridized carbons (Fsp3) is 0.133. The van der Waals surface area contributed by atoms with Crippen molar-refractivity contribution in [3.05, 3.63) is 57.1 Å². The van der Waals surface area contributed by atoms with Gasteiger partial charge in [0.25, 0.3) is 5.91 Å². The van der Waals surface area contributed by atoms with E-state index in [2.05, 4.69) is 38.1 Å². The summed E-state index contributed by atoms with van der Waals surface area (Å²) in [5.74, 6) is 0.447. The number of nitrogens with zero attached hydrogens (tertiary/aromatic N) is 4. The van der Waals surface area contributed by atoms with E-state index in [4.69, 9.17) is 16.3 Å². The van der Waals surface area contributed by atoms with E-state index >= 15 is 0 Å². The topological polar surface area (TPSA) is 74.0 Å². The van der Waals surface area contributed by atoms with Gasteiger partial charge in [0.2, 0.25) is 0 Å². The van der Waals surface area contributed by atoms with Crippen molar-refractivity contribution < 1.29 is 9.53 Å². The van der Waals surface area contributed by atoms with Crippen molar-refractivity contribution in [3.8, 4) is 5.75 Å². The third-order valence-electron chi connectivity index (χ3n) is 3.18. The molecule has 1 aromatic carbocycles. The summed E-state index contributed by atoms with van der Waals surface area (Å²) >= 11 is 7.90. The van der Waals surface area contributed by atoms with E-state index in [0.717, 1.165) is 3.57 Å². The molecule has 1 N–H and O–H groups in total. The number of amides is 1. The lowest BCUT2D eigenvalue weighted by atomic mass is 10.3. The third kappa shape index (κ3) is 3.88. The molecule has 0 spiro atoms. The molecule has 9 heteroatoms. The Morgan fingerprint density at radius 3 is 2.71 bits per heavy atom. The van der Waals surface area contributed by atoms with Crippen molar-refractivity contribution in [1.82, 2.24) is 19.6 Å². The molecular formula is C15H13ClIN5O2. The maximum Gasteiger partial charge on any atom is 0.275 e. The molecule has 7 nitrogen and oxygen atoms in total. The lowest BCUT2D eigenvalue weighted by Crippen LogP contribution is -2.17. The van der Waals surface area contributed by atoms with Crippen LogP contribution in [0.4, 0.5) is 5.69 Å². The molecule has 0 aliphatic carbocycles. The quantitative estimate of drug-likeness (QED) is 0.597. The first-order valence-electron chi connectivity index (χ1n) is 6.92. The molecule has 3 aromatic rings. The van der Waals surface area contributed by atoms with Gasteiger partial charge in [-0.1, -0.05) is 11.6 Å². The van der Waals surface area contributed by atoms with Gasteiger partial charge in [0.05, 0.1) is 27.8 Å². The van der Waals surface area contributed by atoms with Gasteiger partial charge in [-0.15, -0.1) is 0 Å². The highest BCUT2D eigenvalue weighted by molar-refractivity contribution is 14.1. The zero-order chi connectivity index (χ0) is 17.1. The molecule has 0 bridgehead atoms. The predicted molar refractivity (Wildman–Crippen MR) is 98.2 cm³/mol. The molecule has 2 aromatic heterocycles. The van der Waals surface area contributed by atoms with E-state index in [1.807, 2.05) is 0 Å². The minimum Gasteiger partial charge on any atom is -0.471 e. The molecule has 0 radical (unpaired) electrons. The number of anilines is 1. The standard InChI is InChI=1S/C15H13ClIN5O2/c1-21-14(13(17)7-18-21)15(23)20-11-6-19-22(8-11)9-24-12-4-2-10(16)3-5-12/h2-8H,9H2,1H3,(H,20,23). The van der Waals surface area contributed by atoms with Crippen molar-refractivity contribution in [2.24, 2.45) is 7.05 Å². The summed E-state index contributed by atoms with van der Waals surface area (Å²) in [5, 5.41) is 11.6. The monoisotopic (exact) mass is 457 g/mol. The van der Waals surface area contributed by atoms with Crippen LogP contribution in [0.5, 0.6) is 5.75 Å². The van der Waals surface area contributed by atoms with Crippen LogP contribution in [0.2, 0.25) is 5.02 Å². The maximum atomic E-state index is 12.3. The Morgan fingerprint density at radius 2 is 2.04 bits per heavy atom. The molecule has 2 heterocycles. The smallest absolute Gasteiger partial charge is 0.275 e. The van der Waals surface area contributed by atoms with Crippen LogP contribution in [0.25, 0.3) is 0 Å². The summed E-state index contributed by atoms with van der Waals surface area (Å²) in [6.07, 6.45) is 4.89. The second-order valence-corrected chi connectivity index (χ2v) is 6.51. The van der Waals surface area contributed by atoms with Gasteiger partial charge in [-0.25, -0.2) is 4.68 Å². The summed E-state index contributed by atoms with van der Waals surface area (Å²) in [4.78, 5) is 12.3. The average Bonchev–Trinajstić information content (AvgIpc) is 3.13. The van der Waals surface area contributed by atoms with Gasteiger partial charge >= 0.3 is 0 Å². The lowest BCUT2D eigenvalue weighted by Gasteiger charge is -2.06. The first kappa shape index (κ1) is 16.8. The number of carbonyl (C=O) groups excluding carboxylic acids is 1. The molecule has 124 valence electrons. The number of nitrogens with one attached hydrogen (secondary N) is 1. The van der Waals surface area contributed by atoms with Crippen molar-refractivity contribution in [2.75, 3.05) is 5.32 Å². The van der Waals surface area contributed by atoms with Crippen LogP contribution in [-0.2, 0) is 13.8 Å². The minimum absolute atomic E-state index is 0.223. The van der Waals surface area contributed by atoms with Gasteiger partial charge in [0.1, 0.15) is 11.4 Å². The number of hydrogen-bond donors (Lipinski definition) is 1. The molecule has 24 heavy (non-hydrogen) atoms. The molecule has 0 fully saturated rings. The number of halogens is 2. The van der Waals surface area contributed by atoms with Gasteiger partial charge in [0, 0.05) is 12.1 Å². The average molecular weight is 458 g/mol. The van der Waals surface area contributed by atoms with Crippen molar-refractivity contribution in [3.63, 3.8) is 0 Å². The Balaban J connectivity index is 1.61. The van der Waals surface area contributed by atoms with Gasteiger partial charge in [-0.05, 0) is 46.9 Å². The van der Waals surface area contributed by atoms with Gasteiger partial charge < -0.3 is 10.1 Å². The molecule has 3 rings (SSSR count). The fourth-order valence-electron chi connectivity index (χ4n) is 2.03. The minimum atomic E-state index is -0.238. The maximum absolute atomic E-state index is 12.3. The van der Waals surface area contributed by atoms with Gasteiger partial charge in [-0.3, -0.25) is 9.48 Å². The number of ether oxygens (including phenoxy) is 1. The van der Waals surface area contributed by atoms with E-state index in [1.54, 1.807) is 54.6 Å². The van der Waals surface area contributed by atoms with E-state index in [-0.39, 0.29) is 12.6 Å². The highest BCUT2D eigenvalue weighted by atomic mass is 127. The number of carbonyl (C=O) groups is 1. The van der Waals surface area contributed by atoms with Gasteiger partial charge in [0.15, 0.2) is 6.73 Å². The van der Waals surface area contributed by atoms with E-state index in [0.29, 0.717) is 22.2 Å². The number of rotatable bonds is 5. The number of benzene rings is 1. The molecule has 1 amide bonds. The van der Waals surface area contributed by atoms with Crippen LogP contribution in [-0.4, -0.2) is 25.5 Å². The molecule has 0 saturated carbocycles. The Morgan fingerprint density at radius 1 is 1.29 bits per heavy atom. The first-order valence-corrected chi connectivity index (χ1v) is 8.38. The predicted octanol–water partition coefficient (Wildman–Crippen LogP) is 3.16. The molecule has 0 unspecified atom stereocenters. The summed E-state index contributed by atoms with van der Waals surface area (Å²) in [5.41, 5.74) is 1.08. The largest absolute Gasteiger partial charge is 0.471 e. The van der Waals surface area contributed by atoms with Crippen LogP contribution < -0.4 is 10.1 Å². The number of aryl methyl sites for hydroxylation is 1. The Labute approximate surface area is 156 Å². The Bertz CT molecular complexity index is 840. The fourth-order valence-corrected chi connectivity index (χ4v) is 2.87. The zero-order valence-electron chi connectivity index (χ0n) is 12.6. The highest BCUT2D eigenvalue weighted by Gasteiger charge is 2.15. The number of aromatic nitrogens is 4. The van der Waals surface area contributed by atoms with Crippen molar-refractivity contribution in [2.45, 2.75) is 6.73 Å². The zero-order valence-corrected chi connectivity index (χ0v) is 15.5. The second-order valence-electron chi connectivity index (χ2n) is 4.91. The van der Waals surface area contributed by atoms with Crippen molar-refractivity contribution >= 4 is 45.8 Å². The third-order valence-corrected chi connectivity index (χ3v) is 4.22. The summed E-state index contributed by atoms with van der Waals surface area (Å²) < 4.78 is 9.49. The van der Waals surface area contributed by atoms with Crippen LogP contribution in [0.3, 0.4) is 0 Å². The van der Waals surface area contributed by atoms with Crippen LogP contribution >= 0.6 is 34.2 Å². The SMILES string of the molecule is Cn1ncc(I)c1C(=O)Nc1cnn(COc2ccc(Cl)cc2)c1. The molecular weight excluding hydrogens is 445 g/mol. The van der Waals surface area contributed by atoms with Crippen LogP contribution in [0, 0.1) is 3.57 Å².